The summed E-state index contributed by atoms with van der Waals surface area (Å²) in [5.74, 6) is -0.574. The molecule has 3 rings (SSSR count). The van der Waals surface area contributed by atoms with Crippen LogP contribution in [0.15, 0.2) is 24.4 Å². The molecule has 0 aliphatic rings. The maximum absolute atomic E-state index is 12.1. The fourth-order valence-corrected chi connectivity index (χ4v) is 3.29. The second kappa shape index (κ2) is 6.89. The third kappa shape index (κ3) is 3.61. The number of nitrogens with zero attached hydrogens (tertiary/aromatic N) is 3. The minimum absolute atomic E-state index is 0.175. The van der Waals surface area contributed by atoms with Crippen LogP contribution in [-0.4, -0.2) is 40.2 Å². The highest BCUT2D eigenvalue weighted by molar-refractivity contribution is 7.22. The van der Waals surface area contributed by atoms with E-state index in [2.05, 4.69) is 20.7 Å². The van der Waals surface area contributed by atoms with E-state index in [0.717, 1.165) is 15.8 Å². The number of carbonyl (C=O) groups is 2. The van der Waals surface area contributed by atoms with Crippen LogP contribution in [0.1, 0.15) is 15.9 Å². The van der Waals surface area contributed by atoms with Gasteiger partial charge in [0.25, 0.3) is 5.91 Å². The second-order valence-electron chi connectivity index (χ2n) is 5.40. The molecule has 3 aromatic rings. The number of methoxy groups -OCH3 is 1. The van der Waals surface area contributed by atoms with Gasteiger partial charge in [0.2, 0.25) is 11.8 Å². The molecule has 2 aromatic heterocycles. The van der Waals surface area contributed by atoms with Gasteiger partial charge in [-0.25, -0.2) is 4.98 Å². The highest BCUT2D eigenvalue weighted by atomic mass is 32.1. The van der Waals surface area contributed by atoms with Gasteiger partial charge >= 0.3 is 0 Å². The Balaban J connectivity index is 1.62. The van der Waals surface area contributed by atoms with E-state index in [1.54, 1.807) is 7.05 Å². The number of aromatic nitrogens is 3. The summed E-state index contributed by atoms with van der Waals surface area (Å²) in [5, 5.41) is 9.75. The topological polar surface area (TPSA) is 98.1 Å². The van der Waals surface area contributed by atoms with Gasteiger partial charge in [-0.15, -0.1) is 5.10 Å². The molecule has 9 heteroatoms. The van der Waals surface area contributed by atoms with Crippen molar-refractivity contribution in [3.63, 3.8) is 0 Å². The Bertz CT molecular complexity index is 947. The molecule has 2 N–H and O–H groups in total. The molecule has 0 spiro atoms. The minimum Gasteiger partial charge on any atom is -0.479 e. The van der Waals surface area contributed by atoms with Gasteiger partial charge in [-0.2, -0.15) is 0 Å². The van der Waals surface area contributed by atoms with Crippen LogP contribution < -0.4 is 15.4 Å². The van der Waals surface area contributed by atoms with Crippen LogP contribution in [0.4, 0.5) is 5.13 Å². The van der Waals surface area contributed by atoms with Crippen LogP contribution in [0, 0.1) is 6.92 Å². The van der Waals surface area contributed by atoms with Crippen molar-refractivity contribution < 1.29 is 14.3 Å². The van der Waals surface area contributed by atoms with Crippen molar-refractivity contribution in [3.05, 3.63) is 35.5 Å². The van der Waals surface area contributed by atoms with Crippen molar-refractivity contribution in [1.82, 2.24) is 20.1 Å². The minimum atomic E-state index is -0.430. The van der Waals surface area contributed by atoms with E-state index < -0.39 is 5.91 Å². The monoisotopic (exact) mass is 359 g/mol. The number of aryl methyl sites for hydroxylation is 2. The van der Waals surface area contributed by atoms with Gasteiger partial charge < -0.3 is 15.4 Å². The van der Waals surface area contributed by atoms with E-state index in [0.29, 0.717) is 5.13 Å². The molecule has 130 valence electrons. The number of ether oxygens (including phenoxy) is 1. The number of rotatable bonds is 5. The molecule has 0 bridgehead atoms. The average Bonchev–Trinajstić information content (AvgIpc) is 3.16. The van der Waals surface area contributed by atoms with E-state index >= 15 is 0 Å². The van der Waals surface area contributed by atoms with E-state index in [9.17, 15) is 9.59 Å². The Labute approximate surface area is 147 Å². The Morgan fingerprint density at radius 1 is 1.36 bits per heavy atom. The summed E-state index contributed by atoms with van der Waals surface area (Å²) in [6, 6.07) is 5.87. The first-order chi connectivity index (χ1) is 12.0. The SMILES string of the molecule is COc1nn(C)cc1C(=O)NCC(=O)Nc1nc2c(C)cccc2s1. The summed E-state index contributed by atoms with van der Waals surface area (Å²) in [5.41, 5.74) is 2.19. The first-order valence-corrected chi connectivity index (χ1v) is 8.31. The lowest BCUT2D eigenvalue weighted by Crippen LogP contribution is -2.32. The third-order valence-electron chi connectivity index (χ3n) is 3.51. The maximum atomic E-state index is 12.1. The van der Waals surface area contributed by atoms with Crippen LogP contribution >= 0.6 is 11.3 Å². The number of carbonyl (C=O) groups excluding carboxylic acids is 2. The maximum Gasteiger partial charge on any atom is 0.258 e. The summed E-state index contributed by atoms with van der Waals surface area (Å²) in [6.07, 6.45) is 1.53. The quantitative estimate of drug-likeness (QED) is 0.723. The summed E-state index contributed by atoms with van der Waals surface area (Å²) in [7, 11) is 3.11. The molecule has 0 aliphatic heterocycles. The number of nitrogens with one attached hydrogen (secondary N) is 2. The predicted molar refractivity (Wildman–Crippen MR) is 95.1 cm³/mol. The number of hydrogen-bond donors (Lipinski definition) is 2. The van der Waals surface area contributed by atoms with Crippen molar-refractivity contribution in [2.75, 3.05) is 19.0 Å². The van der Waals surface area contributed by atoms with E-state index in [4.69, 9.17) is 4.74 Å². The zero-order valence-electron chi connectivity index (χ0n) is 14.0. The first-order valence-electron chi connectivity index (χ1n) is 7.49. The van der Waals surface area contributed by atoms with Crippen LogP contribution in [0.5, 0.6) is 5.88 Å². The molecule has 0 saturated heterocycles. The number of amides is 2. The Hall–Kier alpha value is -2.94. The average molecular weight is 359 g/mol. The number of benzene rings is 1. The first kappa shape index (κ1) is 16.9. The smallest absolute Gasteiger partial charge is 0.258 e. The van der Waals surface area contributed by atoms with E-state index in [1.807, 2.05) is 25.1 Å². The Morgan fingerprint density at radius 3 is 2.88 bits per heavy atom. The lowest BCUT2D eigenvalue weighted by atomic mass is 10.2. The number of hydrogen-bond acceptors (Lipinski definition) is 6. The molecule has 25 heavy (non-hydrogen) atoms. The lowest BCUT2D eigenvalue weighted by molar-refractivity contribution is -0.115. The van der Waals surface area contributed by atoms with Gasteiger partial charge in [0.1, 0.15) is 5.56 Å². The van der Waals surface area contributed by atoms with Crippen molar-refractivity contribution in [1.29, 1.82) is 0 Å². The number of thiazole rings is 1. The molecule has 0 unspecified atom stereocenters. The molecule has 2 amide bonds. The fourth-order valence-electron chi connectivity index (χ4n) is 2.33. The summed E-state index contributed by atoms with van der Waals surface area (Å²) in [6.45, 7) is 1.79. The van der Waals surface area contributed by atoms with Crippen LogP contribution in [0.3, 0.4) is 0 Å². The standard InChI is InChI=1S/C16H17N5O3S/c1-9-5-4-6-11-13(9)19-16(25-11)18-12(22)7-17-14(23)10-8-21(2)20-15(10)24-3/h4-6,8H,7H2,1-3H3,(H,17,23)(H,18,19,22). The highest BCUT2D eigenvalue weighted by Gasteiger charge is 2.17. The van der Waals surface area contributed by atoms with Crippen LogP contribution in [0.25, 0.3) is 10.2 Å². The fraction of sp³-hybridized carbons (Fsp3) is 0.250. The second-order valence-corrected chi connectivity index (χ2v) is 6.43. The molecule has 2 heterocycles. The van der Waals surface area contributed by atoms with Gasteiger partial charge in [-0.3, -0.25) is 14.3 Å². The summed E-state index contributed by atoms with van der Waals surface area (Å²) >= 11 is 1.39. The third-order valence-corrected chi connectivity index (χ3v) is 4.45. The van der Waals surface area contributed by atoms with Crippen molar-refractivity contribution in [3.8, 4) is 5.88 Å². The molecule has 0 atom stereocenters. The molecule has 0 radical (unpaired) electrons. The predicted octanol–water partition coefficient (Wildman–Crippen LogP) is 1.72. The lowest BCUT2D eigenvalue weighted by Gasteiger charge is -2.04. The molecular weight excluding hydrogens is 342 g/mol. The zero-order chi connectivity index (χ0) is 18.0. The van der Waals surface area contributed by atoms with Gasteiger partial charge in [-0.1, -0.05) is 23.5 Å². The van der Waals surface area contributed by atoms with Crippen molar-refractivity contribution >= 4 is 38.5 Å². The Kier molecular flexibility index (Phi) is 4.66. The van der Waals surface area contributed by atoms with Crippen molar-refractivity contribution in [2.45, 2.75) is 6.92 Å². The summed E-state index contributed by atoms with van der Waals surface area (Å²) < 4.78 is 7.50. The normalized spacial score (nSPS) is 10.7. The largest absolute Gasteiger partial charge is 0.479 e. The summed E-state index contributed by atoms with van der Waals surface area (Å²) in [4.78, 5) is 28.6. The van der Waals surface area contributed by atoms with Gasteiger partial charge in [0.15, 0.2) is 5.13 Å². The van der Waals surface area contributed by atoms with Gasteiger partial charge in [-0.05, 0) is 18.6 Å². The van der Waals surface area contributed by atoms with E-state index in [1.165, 1.54) is 29.3 Å². The van der Waals surface area contributed by atoms with Gasteiger partial charge in [0, 0.05) is 13.2 Å². The number of para-hydroxylation sites is 1. The van der Waals surface area contributed by atoms with Crippen molar-refractivity contribution in [2.24, 2.45) is 7.05 Å². The van der Waals surface area contributed by atoms with Crippen LogP contribution in [-0.2, 0) is 11.8 Å². The van der Waals surface area contributed by atoms with Crippen LogP contribution in [0.2, 0.25) is 0 Å². The molecule has 8 nitrogen and oxygen atoms in total. The van der Waals surface area contributed by atoms with E-state index in [-0.39, 0.29) is 23.9 Å². The molecule has 0 aliphatic carbocycles. The molecular formula is C16H17N5O3S. The Morgan fingerprint density at radius 2 is 2.16 bits per heavy atom. The molecule has 0 saturated carbocycles. The highest BCUT2D eigenvalue weighted by Crippen LogP contribution is 2.27. The number of fused-ring (bicyclic) bond motifs is 1. The molecule has 0 fully saturated rings. The molecule has 1 aromatic carbocycles. The zero-order valence-corrected chi connectivity index (χ0v) is 14.8. The number of anilines is 1. The van der Waals surface area contributed by atoms with Gasteiger partial charge in [0.05, 0.1) is 23.9 Å².